The third-order valence-electron chi connectivity index (χ3n) is 3.26. The molecule has 21 heavy (non-hydrogen) atoms. The second-order valence-corrected chi connectivity index (χ2v) is 5.00. The first-order valence-electron chi connectivity index (χ1n) is 6.84. The molecule has 0 aliphatic rings. The van der Waals surface area contributed by atoms with Crippen molar-refractivity contribution >= 4 is 11.6 Å². The molecule has 5 nitrogen and oxygen atoms in total. The summed E-state index contributed by atoms with van der Waals surface area (Å²) < 4.78 is 5.30. The molecule has 0 radical (unpaired) electrons. The maximum absolute atomic E-state index is 12.3. The van der Waals surface area contributed by atoms with Crippen LogP contribution in [-0.4, -0.2) is 31.7 Å². The van der Waals surface area contributed by atoms with Crippen LogP contribution >= 0.6 is 0 Å². The minimum Gasteiger partial charge on any atom is -0.467 e. The van der Waals surface area contributed by atoms with E-state index in [4.69, 9.17) is 9.52 Å². The summed E-state index contributed by atoms with van der Waals surface area (Å²) in [7, 11) is 3.90. The highest BCUT2D eigenvalue weighted by Crippen LogP contribution is 2.18. The van der Waals surface area contributed by atoms with Crippen molar-refractivity contribution in [3.63, 3.8) is 0 Å². The normalized spacial score (nSPS) is 12.0. The van der Waals surface area contributed by atoms with Gasteiger partial charge >= 0.3 is 0 Å². The topological polar surface area (TPSA) is 65.7 Å². The molecule has 0 saturated heterocycles. The van der Waals surface area contributed by atoms with Crippen molar-refractivity contribution in [1.29, 1.82) is 0 Å². The van der Waals surface area contributed by atoms with E-state index in [1.165, 1.54) is 0 Å². The number of hydrogen-bond donors (Lipinski definition) is 2. The van der Waals surface area contributed by atoms with Crippen molar-refractivity contribution < 1.29 is 14.3 Å². The molecule has 0 spiro atoms. The number of rotatable bonds is 6. The lowest BCUT2D eigenvalue weighted by Crippen LogP contribution is -2.29. The van der Waals surface area contributed by atoms with Gasteiger partial charge < -0.3 is 19.7 Å². The minimum atomic E-state index is -0.328. The number of furan rings is 1. The lowest BCUT2D eigenvalue weighted by atomic mass is 10.1. The Balaban J connectivity index is 2.08. The number of carbonyl (C=O) groups excluding carboxylic acids is 1. The van der Waals surface area contributed by atoms with E-state index in [0.29, 0.717) is 17.7 Å². The number of benzene rings is 1. The Labute approximate surface area is 124 Å². The molecule has 0 aliphatic carbocycles. The smallest absolute Gasteiger partial charge is 0.251 e. The molecule has 5 heteroatoms. The molecule has 1 amide bonds. The predicted octanol–water partition coefficient (Wildman–Crippen LogP) is 2.20. The van der Waals surface area contributed by atoms with Crippen LogP contribution in [0.5, 0.6) is 0 Å². The molecule has 0 fully saturated rings. The Bertz CT molecular complexity index is 562. The molecule has 1 heterocycles. The lowest BCUT2D eigenvalue weighted by Gasteiger charge is -2.16. The highest BCUT2D eigenvalue weighted by atomic mass is 16.3. The van der Waals surface area contributed by atoms with Gasteiger partial charge in [-0.2, -0.15) is 0 Å². The van der Waals surface area contributed by atoms with Crippen LogP contribution in [0, 0.1) is 0 Å². The van der Waals surface area contributed by atoms with E-state index in [1.807, 2.05) is 31.1 Å². The first kappa shape index (κ1) is 15.1. The molecule has 0 saturated carbocycles. The molecule has 1 atom stereocenters. The molecule has 0 aliphatic heterocycles. The van der Waals surface area contributed by atoms with Crippen LogP contribution in [0.25, 0.3) is 0 Å². The fraction of sp³-hybridized carbons (Fsp3) is 0.312. The SMILES string of the molecule is CN(C)c1ccc(C(=O)NC(CCO)c2ccco2)cc1. The molecule has 0 bridgehead atoms. The van der Waals surface area contributed by atoms with Crippen molar-refractivity contribution in [3.05, 3.63) is 54.0 Å². The third-order valence-corrected chi connectivity index (χ3v) is 3.26. The molecule has 2 aromatic rings. The summed E-state index contributed by atoms with van der Waals surface area (Å²) >= 11 is 0. The Hall–Kier alpha value is -2.27. The second-order valence-electron chi connectivity index (χ2n) is 5.00. The average Bonchev–Trinajstić information content (AvgIpc) is 3.01. The van der Waals surface area contributed by atoms with Crippen LogP contribution in [0.1, 0.15) is 28.6 Å². The van der Waals surface area contributed by atoms with E-state index in [1.54, 1.807) is 30.5 Å². The lowest BCUT2D eigenvalue weighted by molar-refractivity contribution is 0.0923. The highest BCUT2D eigenvalue weighted by Gasteiger charge is 2.17. The Morgan fingerprint density at radius 2 is 2.00 bits per heavy atom. The molecular weight excluding hydrogens is 268 g/mol. The van der Waals surface area contributed by atoms with Gasteiger partial charge in [0.15, 0.2) is 0 Å². The van der Waals surface area contributed by atoms with E-state index in [0.717, 1.165) is 5.69 Å². The van der Waals surface area contributed by atoms with Gasteiger partial charge in [-0.3, -0.25) is 4.79 Å². The molecule has 2 N–H and O–H groups in total. The van der Waals surface area contributed by atoms with Gasteiger partial charge in [0, 0.05) is 32.0 Å². The monoisotopic (exact) mass is 288 g/mol. The Morgan fingerprint density at radius 1 is 1.29 bits per heavy atom. The summed E-state index contributed by atoms with van der Waals surface area (Å²) in [5.74, 6) is 0.456. The maximum atomic E-state index is 12.3. The number of amides is 1. The summed E-state index contributed by atoms with van der Waals surface area (Å²) in [5, 5.41) is 12.0. The van der Waals surface area contributed by atoms with Gasteiger partial charge in [-0.25, -0.2) is 0 Å². The Kier molecular flexibility index (Phi) is 5.00. The number of aliphatic hydroxyl groups is 1. The van der Waals surface area contributed by atoms with Crippen molar-refractivity contribution in [1.82, 2.24) is 5.32 Å². The van der Waals surface area contributed by atoms with Crippen molar-refractivity contribution in [2.45, 2.75) is 12.5 Å². The number of carbonyl (C=O) groups is 1. The van der Waals surface area contributed by atoms with Gasteiger partial charge in [-0.05, 0) is 42.8 Å². The van der Waals surface area contributed by atoms with Gasteiger partial charge in [0.2, 0.25) is 0 Å². The minimum absolute atomic E-state index is 0.0226. The Morgan fingerprint density at radius 3 is 2.52 bits per heavy atom. The highest BCUT2D eigenvalue weighted by molar-refractivity contribution is 5.94. The van der Waals surface area contributed by atoms with Gasteiger partial charge in [-0.15, -0.1) is 0 Å². The van der Waals surface area contributed by atoms with Gasteiger partial charge in [0.05, 0.1) is 12.3 Å². The number of nitrogens with one attached hydrogen (secondary N) is 1. The summed E-state index contributed by atoms with van der Waals surface area (Å²) in [5.41, 5.74) is 1.61. The number of hydrogen-bond acceptors (Lipinski definition) is 4. The molecule has 1 aromatic heterocycles. The summed E-state index contributed by atoms with van der Waals surface area (Å²) in [4.78, 5) is 14.2. The van der Waals surface area contributed by atoms with Crippen molar-refractivity contribution in [2.24, 2.45) is 0 Å². The third kappa shape index (κ3) is 3.86. The van der Waals surface area contributed by atoms with Crippen LogP contribution < -0.4 is 10.2 Å². The van der Waals surface area contributed by atoms with Crippen molar-refractivity contribution in [3.8, 4) is 0 Å². The fourth-order valence-corrected chi connectivity index (χ4v) is 2.06. The zero-order valence-electron chi connectivity index (χ0n) is 12.2. The molecule has 2 rings (SSSR count). The molecule has 1 aromatic carbocycles. The van der Waals surface area contributed by atoms with Gasteiger partial charge in [0.1, 0.15) is 5.76 Å². The predicted molar refractivity (Wildman–Crippen MR) is 81.4 cm³/mol. The van der Waals surface area contributed by atoms with E-state index >= 15 is 0 Å². The standard InChI is InChI=1S/C16H20N2O3/c1-18(2)13-7-5-12(6-8-13)16(20)17-14(9-10-19)15-4-3-11-21-15/h3-8,11,14,19H,9-10H2,1-2H3,(H,17,20). The largest absolute Gasteiger partial charge is 0.467 e. The van der Waals surface area contributed by atoms with Crippen LogP contribution in [0.3, 0.4) is 0 Å². The summed E-state index contributed by atoms with van der Waals surface area (Å²) in [6.07, 6.45) is 1.97. The zero-order valence-corrected chi connectivity index (χ0v) is 12.2. The molecule has 112 valence electrons. The van der Waals surface area contributed by atoms with E-state index < -0.39 is 0 Å². The fourth-order valence-electron chi connectivity index (χ4n) is 2.06. The van der Waals surface area contributed by atoms with Gasteiger partial charge in [0.25, 0.3) is 5.91 Å². The van der Waals surface area contributed by atoms with Crippen LogP contribution in [-0.2, 0) is 0 Å². The van der Waals surface area contributed by atoms with E-state index in [9.17, 15) is 4.79 Å². The van der Waals surface area contributed by atoms with Gasteiger partial charge in [-0.1, -0.05) is 0 Å². The van der Waals surface area contributed by atoms with Crippen molar-refractivity contribution in [2.75, 3.05) is 25.6 Å². The number of nitrogens with zero attached hydrogens (tertiary/aromatic N) is 1. The molecular formula is C16H20N2O3. The summed E-state index contributed by atoms with van der Waals surface area (Å²) in [6.45, 7) is -0.0226. The van der Waals surface area contributed by atoms with Crippen LogP contribution in [0.2, 0.25) is 0 Å². The van der Waals surface area contributed by atoms with Crippen LogP contribution in [0.15, 0.2) is 47.1 Å². The first-order chi connectivity index (χ1) is 10.1. The quantitative estimate of drug-likeness (QED) is 0.855. The number of anilines is 1. The molecule has 1 unspecified atom stereocenters. The first-order valence-corrected chi connectivity index (χ1v) is 6.84. The zero-order chi connectivity index (χ0) is 15.2. The average molecular weight is 288 g/mol. The van der Waals surface area contributed by atoms with Crippen LogP contribution in [0.4, 0.5) is 5.69 Å². The summed E-state index contributed by atoms with van der Waals surface area (Å²) in [6, 6.07) is 10.6. The number of aliphatic hydroxyl groups excluding tert-OH is 1. The second kappa shape index (κ2) is 6.95. The maximum Gasteiger partial charge on any atom is 0.251 e. The van der Waals surface area contributed by atoms with E-state index in [2.05, 4.69) is 5.32 Å². The van der Waals surface area contributed by atoms with E-state index in [-0.39, 0.29) is 18.6 Å².